The van der Waals surface area contributed by atoms with Gasteiger partial charge in [-0.25, -0.2) is 32.6 Å². The average molecular weight is 501 g/mol. The molecule has 182 valence electrons. The van der Waals surface area contributed by atoms with Crippen LogP contribution >= 0.6 is 0 Å². The highest BCUT2D eigenvalue weighted by molar-refractivity contribution is 5.78. The van der Waals surface area contributed by atoms with Gasteiger partial charge < -0.3 is 5.73 Å². The van der Waals surface area contributed by atoms with E-state index in [4.69, 9.17) is 5.73 Å². The summed E-state index contributed by atoms with van der Waals surface area (Å²) in [4.78, 5) is 16.4. The predicted molar refractivity (Wildman–Crippen MR) is 116 cm³/mol. The van der Waals surface area contributed by atoms with Gasteiger partial charge in [0.05, 0.1) is 11.1 Å². The third kappa shape index (κ3) is 4.08. The maximum absolute atomic E-state index is 14.2. The summed E-state index contributed by atoms with van der Waals surface area (Å²) in [5.41, 5.74) is 5.73. The number of pyridine rings is 1. The number of nitrogens with two attached hydrogens (primary N) is 1. The number of halogens is 6. The van der Waals surface area contributed by atoms with E-state index in [1.165, 1.54) is 23.1 Å². The molecule has 5 rings (SSSR count). The van der Waals surface area contributed by atoms with Crippen molar-refractivity contribution in [1.29, 1.82) is 0 Å². The van der Waals surface area contributed by atoms with Crippen LogP contribution in [0.4, 0.5) is 32.2 Å². The number of rotatable bonds is 4. The zero-order valence-electron chi connectivity index (χ0n) is 17.9. The van der Waals surface area contributed by atoms with Gasteiger partial charge >= 0.3 is 6.18 Å². The minimum atomic E-state index is -4.59. The lowest BCUT2D eigenvalue weighted by molar-refractivity contribution is -0.137. The van der Waals surface area contributed by atoms with Crippen LogP contribution < -0.4 is 5.73 Å². The van der Waals surface area contributed by atoms with E-state index >= 15 is 0 Å². The highest BCUT2D eigenvalue weighted by atomic mass is 19.4. The Labute approximate surface area is 198 Å². The molecule has 36 heavy (non-hydrogen) atoms. The van der Waals surface area contributed by atoms with Gasteiger partial charge in [-0.15, -0.1) is 0 Å². The van der Waals surface area contributed by atoms with Crippen molar-refractivity contribution in [2.75, 3.05) is 5.73 Å². The van der Waals surface area contributed by atoms with Crippen LogP contribution in [0.2, 0.25) is 0 Å². The van der Waals surface area contributed by atoms with Crippen LogP contribution in [-0.4, -0.2) is 29.5 Å². The van der Waals surface area contributed by atoms with Gasteiger partial charge in [0.1, 0.15) is 17.3 Å². The van der Waals surface area contributed by atoms with Crippen LogP contribution in [0.5, 0.6) is 0 Å². The number of hydrogen-bond acceptors (Lipinski definition) is 6. The largest absolute Gasteiger partial charge is 0.417 e. The van der Waals surface area contributed by atoms with Crippen LogP contribution in [0.25, 0.3) is 28.2 Å². The molecule has 0 saturated carbocycles. The summed E-state index contributed by atoms with van der Waals surface area (Å²) in [6, 6.07) is 6.03. The van der Waals surface area contributed by atoms with E-state index in [1.54, 1.807) is 12.1 Å². The van der Waals surface area contributed by atoms with E-state index < -0.39 is 29.2 Å². The van der Waals surface area contributed by atoms with E-state index in [2.05, 4.69) is 25.0 Å². The molecule has 2 N–H and O–H groups in total. The molecule has 0 aliphatic rings. The zero-order chi connectivity index (χ0) is 25.6. The fourth-order valence-electron chi connectivity index (χ4n) is 3.62. The SMILES string of the molecule is Nc1nc(-c2nc(Cc3ccc(F)c(F)c3F)n3ncccc23)ncc1-c1cncc(C(F)(F)F)c1. The van der Waals surface area contributed by atoms with Crippen LogP contribution in [0.15, 0.2) is 55.1 Å². The number of aromatic nitrogens is 6. The van der Waals surface area contributed by atoms with Gasteiger partial charge in [0.15, 0.2) is 23.3 Å². The Balaban J connectivity index is 1.56. The smallest absolute Gasteiger partial charge is 0.383 e. The number of nitrogens with zero attached hydrogens (tertiary/aromatic N) is 6. The average Bonchev–Trinajstić information content (AvgIpc) is 3.22. The Kier molecular flexibility index (Phi) is 5.54. The molecule has 5 aromatic rings. The van der Waals surface area contributed by atoms with Gasteiger partial charge in [-0.3, -0.25) is 4.98 Å². The Morgan fingerprint density at radius 1 is 0.944 bits per heavy atom. The fraction of sp³-hybridized carbons (Fsp3) is 0.0870. The lowest BCUT2D eigenvalue weighted by Gasteiger charge is -2.09. The van der Waals surface area contributed by atoms with Crippen molar-refractivity contribution in [2.45, 2.75) is 12.6 Å². The molecule has 4 heterocycles. The number of hydrogen-bond donors (Lipinski definition) is 1. The zero-order valence-corrected chi connectivity index (χ0v) is 17.9. The van der Waals surface area contributed by atoms with Crippen LogP contribution in [-0.2, 0) is 12.6 Å². The molecule has 7 nitrogen and oxygen atoms in total. The summed E-state index contributed by atoms with van der Waals surface area (Å²) in [7, 11) is 0. The number of alkyl halides is 3. The molecular formula is C23H13F6N7. The molecule has 0 saturated heterocycles. The lowest BCUT2D eigenvalue weighted by atomic mass is 10.1. The van der Waals surface area contributed by atoms with Gasteiger partial charge in [-0.05, 0) is 29.8 Å². The second-order valence-electron chi connectivity index (χ2n) is 7.66. The molecule has 0 amide bonds. The molecule has 0 spiro atoms. The Hall–Kier alpha value is -4.55. The van der Waals surface area contributed by atoms with Crippen molar-refractivity contribution < 1.29 is 26.3 Å². The Bertz CT molecular complexity index is 1610. The molecule has 0 bridgehead atoms. The van der Waals surface area contributed by atoms with Crippen molar-refractivity contribution in [2.24, 2.45) is 0 Å². The molecule has 0 radical (unpaired) electrons. The normalized spacial score (nSPS) is 11.8. The maximum atomic E-state index is 14.2. The topological polar surface area (TPSA) is 94.9 Å². The first-order valence-corrected chi connectivity index (χ1v) is 10.2. The molecular weight excluding hydrogens is 488 g/mol. The minimum absolute atomic E-state index is 0.0266. The molecule has 0 aliphatic heterocycles. The van der Waals surface area contributed by atoms with Crippen LogP contribution in [0, 0.1) is 17.5 Å². The Morgan fingerprint density at radius 3 is 2.50 bits per heavy atom. The van der Waals surface area contributed by atoms with Gasteiger partial charge in [0, 0.05) is 42.3 Å². The fourth-order valence-corrected chi connectivity index (χ4v) is 3.62. The second kappa shape index (κ2) is 8.59. The number of nitrogen functional groups attached to an aromatic ring is 1. The van der Waals surface area contributed by atoms with Gasteiger partial charge in [0.2, 0.25) is 0 Å². The first-order chi connectivity index (χ1) is 17.1. The second-order valence-corrected chi connectivity index (χ2v) is 7.66. The monoisotopic (exact) mass is 501 g/mol. The summed E-state index contributed by atoms with van der Waals surface area (Å²) < 4.78 is 81.8. The first-order valence-electron chi connectivity index (χ1n) is 10.2. The highest BCUT2D eigenvalue weighted by Gasteiger charge is 2.31. The molecule has 0 aliphatic carbocycles. The van der Waals surface area contributed by atoms with Crippen molar-refractivity contribution in [3.8, 4) is 22.6 Å². The molecule has 4 aromatic heterocycles. The molecule has 13 heteroatoms. The van der Waals surface area contributed by atoms with Crippen LogP contribution in [0.3, 0.4) is 0 Å². The van der Waals surface area contributed by atoms with E-state index in [9.17, 15) is 26.3 Å². The third-order valence-corrected chi connectivity index (χ3v) is 5.35. The first kappa shape index (κ1) is 23.2. The lowest BCUT2D eigenvalue weighted by Crippen LogP contribution is -2.06. The molecule has 0 atom stereocenters. The maximum Gasteiger partial charge on any atom is 0.417 e. The summed E-state index contributed by atoms with van der Waals surface area (Å²) in [6.07, 6.45) is -0.243. The summed E-state index contributed by atoms with van der Waals surface area (Å²) >= 11 is 0. The summed E-state index contributed by atoms with van der Waals surface area (Å²) in [6.45, 7) is 0. The molecule has 1 aromatic carbocycles. The van der Waals surface area contributed by atoms with E-state index in [-0.39, 0.29) is 46.3 Å². The molecule has 0 fully saturated rings. The van der Waals surface area contributed by atoms with Gasteiger partial charge in [-0.2, -0.15) is 18.3 Å². The third-order valence-electron chi connectivity index (χ3n) is 5.35. The predicted octanol–water partition coefficient (Wildman–Crippen LogP) is 4.86. The van der Waals surface area contributed by atoms with E-state index in [1.807, 2.05) is 0 Å². The van der Waals surface area contributed by atoms with Crippen molar-refractivity contribution in [3.63, 3.8) is 0 Å². The van der Waals surface area contributed by atoms with Crippen LogP contribution in [0.1, 0.15) is 17.0 Å². The van der Waals surface area contributed by atoms with Gasteiger partial charge in [0.25, 0.3) is 0 Å². The van der Waals surface area contributed by atoms with Crippen molar-refractivity contribution in [3.05, 3.63) is 89.5 Å². The van der Waals surface area contributed by atoms with E-state index in [0.717, 1.165) is 18.2 Å². The van der Waals surface area contributed by atoms with Crippen molar-refractivity contribution >= 4 is 11.3 Å². The number of imidazole rings is 1. The van der Waals surface area contributed by atoms with E-state index in [0.29, 0.717) is 11.7 Å². The summed E-state index contributed by atoms with van der Waals surface area (Å²) in [5, 5.41) is 4.18. The Morgan fingerprint density at radius 2 is 1.75 bits per heavy atom. The minimum Gasteiger partial charge on any atom is -0.383 e. The van der Waals surface area contributed by atoms with Gasteiger partial charge in [-0.1, -0.05) is 6.07 Å². The summed E-state index contributed by atoms with van der Waals surface area (Å²) in [5.74, 6) is -4.18. The van der Waals surface area contributed by atoms with Crippen molar-refractivity contribution in [1.82, 2.24) is 29.5 Å². The number of benzene rings is 1. The number of fused-ring (bicyclic) bond motifs is 1. The highest BCUT2D eigenvalue weighted by Crippen LogP contribution is 2.33. The standard InChI is InChI=1S/C23H13F6N7/c24-15-4-3-11(18(25)19(15)26)7-17-34-20(16-2-1-5-33-36(16)17)22-32-10-14(21(30)35-22)12-6-13(9-31-8-12)23(27,28)29/h1-6,8-10H,7H2,(H2,30,32,35). The quantitative estimate of drug-likeness (QED) is 0.279. The molecule has 0 unspecified atom stereocenters. The number of anilines is 1.